The third-order valence-electron chi connectivity index (χ3n) is 6.27. The Labute approximate surface area is 215 Å². The van der Waals surface area contributed by atoms with Crippen LogP contribution in [0.5, 0.6) is 0 Å². The zero-order valence-corrected chi connectivity index (χ0v) is 22.5. The van der Waals surface area contributed by atoms with E-state index in [1.807, 2.05) is 14.1 Å². The molecule has 0 radical (unpaired) electrons. The molecular formula is C25H53ClN2O6. The lowest BCUT2D eigenvalue weighted by Gasteiger charge is -2.32. The van der Waals surface area contributed by atoms with Crippen LogP contribution in [0.3, 0.4) is 0 Å². The lowest BCUT2D eigenvalue weighted by Crippen LogP contribution is -3.00. The number of aliphatic hydroxyl groups excluding tert-OH is 5. The summed E-state index contributed by atoms with van der Waals surface area (Å²) in [5.41, 5.74) is 0. The van der Waals surface area contributed by atoms with Gasteiger partial charge in [0.25, 0.3) is 5.91 Å². The van der Waals surface area contributed by atoms with Gasteiger partial charge in [-0.3, -0.25) is 4.79 Å². The van der Waals surface area contributed by atoms with Gasteiger partial charge in [-0.25, -0.2) is 0 Å². The number of rotatable bonds is 21. The van der Waals surface area contributed by atoms with E-state index in [1.165, 1.54) is 64.2 Å². The van der Waals surface area contributed by atoms with Crippen LogP contribution in [0.25, 0.3) is 0 Å². The number of hydrogen-bond acceptors (Lipinski definition) is 6. The zero-order chi connectivity index (χ0) is 26.0. The number of nitrogens with zero attached hydrogens (tertiary/aromatic N) is 2. The van der Waals surface area contributed by atoms with Gasteiger partial charge in [0.1, 0.15) is 24.4 Å². The quantitative estimate of drug-likeness (QED) is 0.0957. The van der Waals surface area contributed by atoms with Crippen molar-refractivity contribution in [3.05, 3.63) is 0 Å². The fourth-order valence-electron chi connectivity index (χ4n) is 3.92. The number of hydrogen-bond donors (Lipinski definition) is 5. The second-order valence-electron chi connectivity index (χ2n) is 10.1. The average Bonchev–Trinajstić information content (AvgIpc) is 2.80. The van der Waals surface area contributed by atoms with Crippen LogP contribution in [0, 0.1) is 0 Å². The Hall–Kier alpha value is -0.480. The van der Waals surface area contributed by atoms with Gasteiger partial charge in [-0.2, -0.15) is 0 Å². The molecule has 8 nitrogen and oxygen atoms in total. The molecule has 0 aromatic carbocycles. The standard InChI is InChI=1S/C25H53N2O6.ClH/c1-5-6-7-8-9-10-11-12-13-14-15-16-17-27(3,4)19-23(31)26(2)18-21(29)24(32)25(33)22(30)20-28;/h21-22,24-25,28-30,32-33H,5-20H2,1-4H3;1H/q+1;/p-1/t21-,22+,24+,25+;/m0./s1/i2D;. The van der Waals surface area contributed by atoms with Crippen LogP contribution in [-0.2, 0) is 4.79 Å². The molecular weight excluding hydrogens is 460 g/mol. The molecule has 1 amide bonds. The lowest BCUT2D eigenvalue weighted by atomic mass is 10.0. The number of halogens is 1. The van der Waals surface area contributed by atoms with Crippen molar-refractivity contribution in [2.45, 2.75) is 108 Å². The van der Waals surface area contributed by atoms with Gasteiger partial charge >= 0.3 is 0 Å². The Morgan fingerprint density at radius 3 is 1.71 bits per heavy atom. The summed E-state index contributed by atoms with van der Waals surface area (Å²) in [6, 6.07) is 0. The molecule has 0 heterocycles. The van der Waals surface area contributed by atoms with Crippen LogP contribution in [0.4, 0.5) is 0 Å². The summed E-state index contributed by atoms with van der Waals surface area (Å²) in [4.78, 5) is 13.8. The van der Waals surface area contributed by atoms with Gasteiger partial charge in [-0.05, 0) is 12.8 Å². The predicted molar refractivity (Wildman–Crippen MR) is 132 cm³/mol. The van der Waals surface area contributed by atoms with Gasteiger partial charge in [0.05, 0.1) is 27.2 Å². The van der Waals surface area contributed by atoms with Gasteiger partial charge in [-0.15, -0.1) is 0 Å². The molecule has 9 heteroatoms. The second kappa shape index (κ2) is 20.7. The predicted octanol–water partition coefficient (Wildman–Crippen LogP) is -1.34. The normalized spacial score (nSPS) is 15.7. The molecule has 0 rings (SSSR count). The van der Waals surface area contributed by atoms with Crippen LogP contribution < -0.4 is 12.4 Å². The molecule has 0 aliphatic heterocycles. The molecule has 0 aliphatic carbocycles. The van der Waals surface area contributed by atoms with Gasteiger partial charge < -0.3 is 47.3 Å². The van der Waals surface area contributed by atoms with Crippen molar-refractivity contribution in [3.8, 4) is 0 Å². The molecule has 0 unspecified atom stereocenters. The zero-order valence-electron chi connectivity index (χ0n) is 22.7. The maximum atomic E-state index is 12.7. The number of amides is 1. The Bertz CT molecular complexity index is 518. The topological polar surface area (TPSA) is 121 Å². The first kappa shape index (κ1) is 33.5. The van der Waals surface area contributed by atoms with E-state index < -0.39 is 31.0 Å². The summed E-state index contributed by atoms with van der Waals surface area (Å²) in [6.07, 6.45) is 8.67. The highest BCUT2D eigenvalue weighted by Crippen LogP contribution is 2.13. The highest BCUT2D eigenvalue weighted by Gasteiger charge is 2.32. The molecule has 0 bridgehead atoms. The van der Waals surface area contributed by atoms with Crippen molar-refractivity contribution in [2.24, 2.45) is 0 Å². The minimum Gasteiger partial charge on any atom is -1.00 e. The van der Waals surface area contributed by atoms with Crippen molar-refractivity contribution < 1.29 is 48.6 Å². The van der Waals surface area contributed by atoms with Crippen LogP contribution >= 0.6 is 0 Å². The molecule has 206 valence electrons. The number of carbonyl (C=O) groups is 1. The maximum Gasteiger partial charge on any atom is 0.277 e. The minimum absolute atomic E-state index is 0. The molecule has 0 fully saturated rings. The van der Waals surface area contributed by atoms with Crippen LogP contribution in [0.15, 0.2) is 0 Å². The molecule has 0 aromatic heterocycles. The smallest absolute Gasteiger partial charge is 0.277 e. The number of carbonyl (C=O) groups excluding carboxylic acids is 1. The fourth-order valence-corrected chi connectivity index (χ4v) is 3.92. The largest absolute Gasteiger partial charge is 1.00 e. The summed E-state index contributed by atoms with van der Waals surface area (Å²) in [6.45, 7) is 2.14. The van der Waals surface area contributed by atoms with Gasteiger partial charge in [0.15, 0.2) is 6.54 Å². The lowest BCUT2D eigenvalue weighted by molar-refractivity contribution is -0.883. The van der Waals surface area contributed by atoms with E-state index >= 15 is 0 Å². The fraction of sp³-hybridized carbons (Fsp3) is 0.960. The minimum atomic E-state index is -1.75. The van der Waals surface area contributed by atoms with E-state index in [9.17, 15) is 25.2 Å². The number of aliphatic hydroxyl groups is 5. The van der Waals surface area contributed by atoms with Gasteiger partial charge in [0, 0.05) is 14.9 Å². The summed E-state index contributed by atoms with van der Waals surface area (Å²) < 4.78 is 8.09. The van der Waals surface area contributed by atoms with Gasteiger partial charge in [-0.1, -0.05) is 71.1 Å². The van der Waals surface area contributed by atoms with Crippen molar-refractivity contribution in [3.63, 3.8) is 0 Å². The SMILES string of the molecule is [2H]CN(C[C@H](O)[C@@H](O)[C@H](O)[C@H](O)CO)C(=O)C[N+](C)(C)CCCCCCCCCCCCCC.[Cl-]. The molecule has 34 heavy (non-hydrogen) atoms. The van der Waals surface area contributed by atoms with Crippen molar-refractivity contribution in [2.75, 3.05) is 47.4 Å². The summed E-state index contributed by atoms with van der Waals surface area (Å²) in [7, 11) is 3.54. The molecule has 0 aliphatic rings. The first-order valence-electron chi connectivity index (χ1n) is 13.5. The van der Waals surface area contributed by atoms with Crippen LogP contribution in [-0.4, -0.2) is 113 Å². The van der Waals surface area contributed by atoms with Crippen LogP contribution in [0.2, 0.25) is 0 Å². The molecule has 0 spiro atoms. The van der Waals surface area contributed by atoms with E-state index in [2.05, 4.69) is 6.92 Å². The monoisotopic (exact) mass is 513 g/mol. The van der Waals surface area contributed by atoms with E-state index in [-0.39, 0.29) is 38.4 Å². The van der Waals surface area contributed by atoms with E-state index in [1.54, 1.807) is 0 Å². The Morgan fingerprint density at radius 1 is 0.824 bits per heavy atom. The first-order chi connectivity index (χ1) is 16.1. The molecule has 5 N–H and O–H groups in total. The molecule has 0 aromatic rings. The van der Waals surface area contributed by atoms with Crippen molar-refractivity contribution in [1.29, 1.82) is 0 Å². The molecule has 4 atom stereocenters. The first-order valence-corrected chi connectivity index (χ1v) is 12.8. The average molecular weight is 514 g/mol. The molecule has 0 saturated heterocycles. The Kier molecular flexibility index (Phi) is 20.4. The van der Waals surface area contributed by atoms with Crippen LogP contribution in [0.1, 0.15) is 85.3 Å². The highest BCUT2D eigenvalue weighted by atomic mass is 35.5. The Morgan fingerprint density at radius 2 is 1.26 bits per heavy atom. The van der Waals surface area contributed by atoms with Gasteiger partial charge in [0.2, 0.25) is 0 Å². The number of likely N-dealkylation sites (N-methyl/N-ethyl adjacent to an activating group) is 2. The number of unbranched alkanes of at least 4 members (excludes halogenated alkanes) is 11. The van der Waals surface area contributed by atoms with E-state index in [4.69, 9.17) is 6.48 Å². The number of quaternary nitrogens is 1. The summed E-state index contributed by atoms with van der Waals surface area (Å²) in [5, 5.41) is 48.1. The van der Waals surface area contributed by atoms with E-state index in [0.717, 1.165) is 24.3 Å². The van der Waals surface area contributed by atoms with Crippen molar-refractivity contribution in [1.82, 2.24) is 4.90 Å². The van der Waals surface area contributed by atoms with E-state index in [0.29, 0.717) is 4.48 Å². The molecule has 0 saturated carbocycles. The summed E-state index contributed by atoms with van der Waals surface area (Å²) >= 11 is 0. The maximum absolute atomic E-state index is 12.7. The third kappa shape index (κ3) is 17.0. The van der Waals surface area contributed by atoms with Crippen molar-refractivity contribution >= 4 is 5.91 Å². The summed E-state index contributed by atoms with van der Waals surface area (Å²) in [5.74, 6) is -0.317. The highest BCUT2D eigenvalue weighted by molar-refractivity contribution is 5.77. The third-order valence-corrected chi connectivity index (χ3v) is 6.27. The second-order valence-corrected chi connectivity index (χ2v) is 10.1. The Balaban J connectivity index is 0.